The van der Waals surface area contributed by atoms with Crippen molar-refractivity contribution >= 4 is 22.8 Å². The average molecular weight is 348 g/mol. The zero-order chi connectivity index (χ0) is 17.9. The van der Waals surface area contributed by atoms with Crippen LogP contribution in [0.4, 0.5) is 0 Å². The van der Waals surface area contributed by atoms with E-state index in [1.807, 2.05) is 41.3 Å². The van der Waals surface area contributed by atoms with Crippen LogP contribution >= 0.6 is 0 Å². The van der Waals surface area contributed by atoms with Gasteiger partial charge in [-0.3, -0.25) is 9.59 Å². The second-order valence-electron chi connectivity index (χ2n) is 6.50. The molecule has 1 aromatic heterocycles. The molecule has 1 saturated heterocycles. The summed E-state index contributed by atoms with van der Waals surface area (Å²) in [7, 11) is 0. The molecule has 2 N–H and O–H groups in total. The Hall–Kier alpha value is -3.15. The van der Waals surface area contributed by atoms with E-state index in [-0.39, 0.29) is 11.8 Å². The number of benzene rings is 2. The number of fused-ring (bicyclic) bond motifs is 1. The van der Waals surface area contributed by atoms with Crippen molar-refractivity contribution in [1.82, 2.24) is 20.2 Å². The predicted molar refractivity (Wildman–Crippen MR) is 98.4 cm³/mol. The number of hydrogen-bond donors (Lipinski definition) is 2. The third kappa shape index (κ3) is 3.44. The molecule has 6 nitrogen and oxygen atoms in total. The maximum atomic E-state index is 12.3. The molecule has 1 aliphatic heterocycles. The third-order valence-corrected chi connectivity index (χ3v) is 4.62. The van der Waals surface area contributed by atoms with Crippen LogP contribution in [0.25, 0.3) is 11.0 Å². The van der Waals surface area contributed by atoms with Crippen LogP contribution in [0.15, 0.2) is 48.5 Å². The number of carbonyl (C=O) groups is 2. The fraction of sp³-hybridized carbons (Fsp3) is 0.250. The minimum atomic E-state index is -0.144. The van der Waals surface area contributed by atoms with Crippen molar-refractivity contribution in [2.75, 3.05) is 6.54 Å². The Bertz CT molecular complexity index is 913. The molecule has 2 aromatic carbocycles. The Balaban J connectivity index is 1.36. The minimum absolute atomic E-state index is 0.144. The molecule has 26 heavy (non-hydrogen) atoms. The molecule has 2 amide bonds. The maximum absolute atomic E-state index is 12.3. The van der Waals surface area contributed by atoms with Crippen LogP contribution in [0.2, 0.25) is 0 Å². The van der Waals surface area contributed by atoms with Crippen LogP contribution in [0.1, 0.15) is 34.6 Å². The van der Waals surface area contributed by atoms with Crippen molar-refractivity contribution in [3.05, 3.63) is 65.5 Å². The Morgan fingerprint density at radius 1 is 1.15 bits per heavy atom. The molecule has 0 saturated carbocycles. The van der Waals surface area contributed by atoms with Crippen LogP contribution in [0.3, 0.4) is 0 Å². The first-order chi connectivity index (χ1) is 12.7. The molecule has 0 unspecified atom stereocenters. The first-order valence-corrected chi connectivity index (χ1v) is 8.77. The van der Waals surface area contributed by atoms with Crippen molar-refractivity contribution in [2.24, 2.45) is 0 Å². The van der Waals surface area contributed by atoms with Crippen molar-refractivity contribution in [3.63, 3.8) is 0 Å². The lowest BCUT2D eigenvalue weighted by molar-refractivity contribution is -0.128. The van der Waals surface area contributed by atoms with Crippen LogP contribution in [0.5, 0.6) is 0 Å². The molecule has 2 heterocycles. The summed E-state index contributed by atoms with van der Waals surface area (Å²) in [5.74, 6) is 0.788. The van der Waals surface area contributed by atoms with Crippen LogP contribution in [-0.4, -0.2) is 33.2 Å². The van der Waals surface area contributed by atoms with Crippen molar-refractivity contribution in [1.29, 1.82) is 0 Å². The van der Waals surface area contributed by atoms with Gasteiger partial charge in [-0.05, 0) is 36.2 Å². The average Bonchev–Trinajstić information content (AvgIpc) is 3.26. The molecule has 6 heteroatoms. The largest absolute Gasteiger partial charge is 0.345 e. The van der Waals surface area contributed by atoms with Crippen LogP contribution < -0.4 is 5.32 Å². The van der Waals surface area contributed by atoms with E-state index < -0.39 is 0 Å². The summed E-state index contributed by atoms with van der Waals surface area (Å²) in [6.45, 7) is 1.77. The van der Waals surface area contributed by atoms with Crippen LogP contribution in [-0.2, 0) is 17.9 Å². The Kier molecular flexibility index (Phi) is 4.39. The van der Waals surface area contributed by atoms with Gasteiger partial charge in [0.2, 0.25) is 5.91 Å². The number of hydrogen-bond acceptors (Lipinski definition) is 3. The molecule has 4 rings (SSSR count). The summed E-state index contributed by atoms with van der Waals surface area (Å²) in [4.78, 5) is 33.5. The number of likely N-dealkylation sites (tertiary alicyclic amines) is 1. The van der Waals surface area contributed by atoms with E-state index in [1.165, 1.54) is 0 Å². The lowest BCUT2D eigenvalue weighted by Gasteiger charge is -2.15. The van der Waals surface area contributed by atoms with E-state index in [2.05, 4.69) is 15.3 Å². The van der Waals surface area contributed by atoms with Gasteiger partial charge >= 0.3 is 0 Å². The van der Waals surface area contributed by atoms with E-state index in [0.29, 0.717) is 25.1 Å². The molecule has 1 aliphatic rings. The fourth-order valence-electron chi connectivity index (χ4n) is 3.21. The topological polar surface area (TPSA) is 78.1 Å². The molecule has 132 valence electrons. The van der Waals surface area contributed by atoms with Gasteiger partial charge in [-0.2, -0.15) is 0 Å². The van der Waals surface area contributed by atoms with Gasteiger partial charge < -0.3 is 15.2 Å². The quantitative estimate of drug-likeness (QED) is 0.744. The summed E-state index contributed by atoms with van der Waals surface area (Å²) in [6, 6.07) is 15.2. The zero-order valence-corrected chi connectivity index (χ0v) is 14.4. The zero-order valence-electron chi connectivity index (χ0n) is 14.4. The number of H-pyrrole nitrogens is 1. The molecule has 0 spiro atoms. The van der Waals surface area contributed by atoms with E-state index in [4.69, 9.17) is 0 Å². The highest BCUT2D eigenvalue weighted by Gasteiger charge is 2.20. The molecule has 0 aliphatic carbocycles. The van der Waals surface area contributed by atoms with Gasteiger partial charge in [-0.25, -0.2) is 4.98 Å². The highest BCUT2D eigenvalue weighted by molar-refractivity contribution is 5.94. The molecule has 0 atom stereocenters. The summed E-state index contributed by atoms with van der Waals surface area (Å²) >= 11 is 0. The van der Waals surface area contributed by atoms with Crippen molar-refractivity contribution in [2.45, 2.75) is 25.9 Å². The molecule has 0 radical (unpaired) electrons. The fourth-order valence-corrected chi connectivity index (χ4v) is 3.21. The van der Waals surface area contributed by atoms with Gasteiger partial charge in [0.05, 0.1) is 17.6 Å². The summed E-state index contributed by atoms with van der Waals surface area (Å²) < 4.78 is 0. The first-order valence-electron chi connectivity index (χ1n) is 8.77. The second kappa shape index (κ2) is 7.00. The Morgan fingerprint density at radius 2 is 1.96 bits per heavy atom. The van der Waals surface area contributed by atoms with Crippen LogP contribution in [0, 0.1) is 0 Å². The number of carbonyl (C=O) groups excluding carboxylic acids is 2. The van der Waals surface area contributed by atoms with Gasteiger partial charge in [0, 0.05) is 25.1 Å². The lowest BCUT2D eigenvalue weighted by atomic mass is 10.1. The number of aromatic nitrogens is 2. The Labute approximate surface area is 151 Å². The lowest BCUT2D eigenvalue weighted by Crippen LogP contribution is -2.24. The minimum Gasteiger partial charge on any atom is -0.345 e. The second-order valence-corrected chi connectivity index (χ2v) is 6.50. The van der Waals surface area contributed by atoms with Gasteiger partial charge in [-0.15, -0.1) is 0 Å². The number of nitrogens with one attached hydrogen (secondary N) is 2. The molecule has 3 aromatic rings. The van der Waals surface area contributed by atoms with E-state index in [1.54, 1.807) is 12.1 Å². The molecule has 1 fully saturated rings. The monoisotopic (exact) mass is 348 g/mol. The van der Waals surface area contributed by atoms with Gasteiger partial charge in [0.1, 0.15) is 5.82 Å². The summed E-state index contributed by atoms with van der Waals surface area (Å²) in [5, 5.41) is 2.88. The summed E-state index contributed by atoms with van der Waals surface area (Å²) in [5.41, 5.74) is 3.47. The SMILES string of the molecule is O=C(NCc1nc2ccccc2[nH]1)c1ccc(CN2CCCC2=O)cc1. The maximum Gasteiger partial charge on any atom is 0.251 e. The van der Waals surface area contributed by atoms with Crippen molar-refractivity contribution < 1.29 is 9.59 Å². The van der Waals surface area contributed by atoms with E-state index >= 15 is 0 Å². The first kappa shape index (κ1) is 16.3. The normalized spacial score (nSPS) is 14.2. The Morgan fingerprint density at radius 3 is 2.69 bits per heavy atom. The molecular formula is C20H20N4O2. The highest BCUT2D eigenvalue weighted by atomic mass is 16.2. The standard InChI is InChI=1S/C20H20N4O2/c25-19-6-3-11-24(19)13-14-7-9-15(10-8-14)20(26)21-12-18-22-16-4-1-2-5-17(16)23-18/h1-2,4-5,7-10H,3,6,11-13H2,(H,21,26)(H,22,23). The third-order valence-electron chi connectivity index (χ3n) is 4.62. The number of nitrogens with zero attached hydrogens (tertiary/aromatic N) is 2. The number of imidazole rings is 1. The van der Waals surface area contributed by atoms with E-state index in [0.717, 1.165) is 35.4 Å². The summed E-state index contributed by atoms with van der Waals surface area (Å²) in [6.07, 6.45) is 1.57. The van der Waals surface area contributed by atoms with E-state index in [9.17, 15) is 9.59 Å². The number of para-hydroxylation sites is 2. The molecular weight excluding hydrogens is 328 g/mol. The number of rotatable bonds is 5. The van der Waals surface area contributed by atoms with Gasteiger partial charge in [0.15, 0.2) is 0 Å². The van der Waals surface area contributed by atoms with Gasteiger partial charge in [0.25, 0.3) is 5.91 Å². The van der Waals surface area contributed by atoms with Crippen molar-refractivity contribution in [3.8, 4) is 0 Å². The number of amides is 2. The molecule has 0 bridgehead atoms. The smallest absolute Gasteiger partial charge is 0.251 e. The highest BCUT2D eigenvalue weighted by Crippen LogP contribution is 2.15. The number of aromatic amines is 1. The predicted octanol–water partition coefficient (Wildman–Crippen LogP) is 2.62. The van der Waals surface area contributed by atoms with Gasteiger partial charge in [-0.1, -0.05) is 24.3 Å².